The number of ether oxygens (including phenoxy) is 2. The molecule has 1 aliphatic rings. The molecule has 0 N–H and O–H groups in total. The van der Waals surface area contributed by atoms with Crippen molar-refractivity contribution in [3.8, 4) is 22.8 Å². The highest BCUT2D eigenvalue weighted by Crippen LogP contribution is 2.36. The van der Waals surface area contributed by atoms with E-state index in [4.69, 9.17) is 9.47 Å². The number of halogens is 2. The fourth-order valence-electron chi connectivity index (χ4n) is 2.65. The van der Waals surface area contributed by atoms with Crippen LogP contribution in [0.2, 0.25) is 0 Å². The first kappa shape index (κ1) is 15.8. The van der Waals surface area contributed by atoms with Gasteiger partial charge >= 0.3 is 0 Å². The van der Waals surface area contributed by atoms with Crippen molar-refractivity contribution in [1.29, 1.82) is 0 Å². The van der Waals surface area contributed by atoms with Gasteiger partial charge in [-0.25, -0.2) is 9.37 Å². The van der Waals surface area contributed by atoms with Crippen molar-refractivity contribution in [3.05, 3.63) is 75.0 Å². The first-order chi connectivity index (χ1) is 12.1. The number of rotatable bonds is 3. The molecule has 25 heavy (non-hydrogen) atoms. The third kappa shape index (κ3) is 3.02. The largest absolute Gasteiger partial charge is 0.454 e. The Balaban J connectivity index is 1.70. The molecule has 0 unspecified atom stereocenters. The summed E-state index contributed by atoms with van der Waals surface area (Å²) in [6.07, 6.45) is 1.46. The van der Waals surface area contributed by atoms with E-state index in [-0.39, 0.29) is 24.7 Å². The summed E-state index contributed by atoms with van der Waals surface area (Å²) in [6.45, 7) is 0.423. The van der Waals surface area contributed by atoms with Gasteiger partial charge in [-0.3, -0.25) is 9.36 Å². The Labute approximate surface area is 150 Å². The van der Waals surface area contributed by atoms with Gasteiger partial charge in [0.05, 0.1) is 18.6 Å². The van der Waals surface area contributed by atoms with Crippen LogP contribution in [0.5, 0.6) is 11.5 Å². The van der Waals surface area contributed by atoms with Crippen LogP contribution in [0.15, 0.2) is 58.1 Å². The van der Waals surface area contributed by atoms with Crippen molar-refractivity contribution in [2.75, 3.05) is 6.79 Å². The van der Waals surface area contributed by atoms with Gasteiger partial charge in [-0.1, -0.05) is 12.1 Å². The van der Waals surface area contributed by atoms with Crippen molar-refractivity contribution in [1.82, 2.24) is 9.55 Å². The molecule has 0 radical (unpaired) electrons. The highest BCUT2D eigenvalue weighted by atomic mass is 79.9. The minimum absolute atomic E-state index is 0.183. The molecule has 7 heteroatoms. The second-order valence-electron chi connectivity index (χ2n) is 5.54. The highest BCUT2D eigenvalue weighted by Gasteiger charge is 2.17. The number of hydrogen-bond acceptors (Lipinski definition) is 4. The van der Waals surface area contributed by atoms with Gasteiger partial charge in [-0.2, -0.15) is 0 Å². The van der Waals surface area contributed by atoms with Crippen molar-refractivity contribution in [2.45, 2.75) is 6.54 Å². The van der Waals surface area contributed by atoms with Gasteiger partial charge in [0.1, 0.15) is 10.3 Å². The zero-order valence-corrected chi connectivity index (χ0v) is 14.5. The van der Waals surface area contributed by atoms with Gasteiger partial charge in [-0.05, 0) is 51.8 Å². The van der Waals surface area contributed by atoms with Crippen molar-refractivity contribution >= 4 is 15.9 Å². The second-order valence-corrected chi connectivity index (χ2v) is 6.33. The van der Waals surface area contributed by atoms with Crippen LogP contribution in [-0.4, -0.2) is 16.3 Å². The molecule has 0 aliphatic carbocycles. The van der Waals surface area contributed by atoms with E-state index < -0.39 is 0 Å². The molecule has 2 aromatic carbocycles. The molecule has 5 nitrogen and oxygen atoms in total. The van der Waals surface area contributed by atoms with E-state index in [1.54, 1.807) is 24.3 Å². The summed E-state index contributed by atoms with van der Waals surface area (Å²) in [6, 6.07) is 11.5. The van der Waals surface area contributed by atoms with Crippen molar-refractivity contribution in [3.63, 3.8) is 0 Å². The van der Waals surface area contributed by atoms with Gasteiger partial charge < -0.3 is 9.47 Å². The molecule has 2 heterocycles. The summed E-state index contributed by atoms with van der Waals surface area (Å²) < 4.78 is 25.7. The lowest BCUT2D eigenvalue weighted by Gasteiger charge is -2.09. The average molecular weight is 403 g/mol. The van der Waals surface area contributed by atoms with E-state index in [9.17, 15) is 9.18 Å². The molecule has 1 aliphatic heterocycles. The first-order valence-electron chi connectivity index (χ1n) is 7.51. The van der Waals surface area contributed by atoms with Crippen LogP contribution < -0.4 is 15.0 Å². The molecule has 126 valence electrons. The molecule has 3 aromatic rings. The van der Waals surface area contributed by atoms with Crippen LogP contribution in [-0.2, 0) is 6.54 Å². The summed E-state index contributed by atoms with van der Waals surface area (Å²) in [4.78, 5) is 17.0. The van der Waals surface area contributed by atoms with Crippen molar-refractivity contribution in [2.24, 2.45) is 0 Å². The summed E-state index contributed by atoms with van der Waals surface area (Å²) in [5.41, 5.74) is 1.70. The Kier molecular flexibility index (Phi) is 4.01. The van der Waals surface area contributed by atoms with Crippen LogP contribution in [0.3, 0.4) is 0 Å². The monoisotopic (exact) mass is 402 g/mol. The van der Waals surface area contributed by atoms with E-state index in [1.165, 1.54) is 23.0 Å². The molecular formula is C18H12BrFN2O3. The van der Waals surface area contributed by atoms with Crippen LogP contribution in [0.25, 0.3) is 11.3 Å². The van der Waals surface area contributed by atoms with Gasteiger partial charge in [0.15, 0.2) is 11.5 Å². The molecule has 0 spiro atoms. The maximum atomic E-state index is 13.3. The normalized spacial score (nSPS) is 12.4. The first-order valence-corrected chi connectivity index (χ1v) is 8.30. The fourth-order valence-corrected chi connectivity index (χ4v) is 3.21. The number of hydrogen-bond donors (Lipinski definition) is 0. The number of aromatic nitrogens is 2. The van der Waals surface area contributed by atoms with E-state index in [0.717, 1.165) is 5.56 Å². The smallest absolute Gasteiger partial charge is 0.268 e. The SMILES string of the molecule is O=c1c(Br)c(-c2ccc3c(c2)OCO3)ncn1Cc1cccc(F)c1. The third-order valence-electron chi connectivity index (χ3n) is 3.87. The molecule has 0 bridgehead atoms. The Morgan fingerprint density at radius 2 is 2.00 bits per heavy atom. The minimum Gasteiger partial charge on any atom is -0.454 e. The summed E-state index contributed by atoms with van der Waals surface area (Å²) >= 11 is 3.33. The molecule has 0 saturated heterocycles. The van der Waals surface area contributed by atoms with E-state index in [0.29, 0.717) is 27.2 Å². The molecule has 0 fully saturated rings. The minimum atomic E-state index is -0.338. The summed E-state index contributed by atoms with van der Waals surface area (Å²) in [5.74, 6) is 0.948. The van der Waals surface area contributed by atoms with Gasteiger partial charge in [0, 0.05) is 5.56 Å². The van der Waals surface area contributed by atoms with Crippen LogP contribution in [0.1, 0.15) is 5.56 Å². The second kappa shape index (κ2) is 6.33. The van der Waals surface area contributed by atoms with E-state index in [1.807, 2.05) is 6.07 Å². The Hall–Kier alpha value is -2.67. The number of benzene rings is 2. The Morgan fingerprint density at radius 3 is 2.84 bits per heavy atom. The third-order valence-corrected chi connectivity index (χ3v) is 4.59. The van der Waals surface area contributed by atoms with Gasteiger partial charge in [0.25, 0.3) is 5.56 Å². The fraction of sp³-hybridized carbons (Fsp3) is 0.111. The summed E-state index contributed by atoms with van der Waals surface area (Å²) in [7, 11) is 0. The van der Waals surface area contributed by atoms with Gasteiger partial charge in [0.2, 0.25) is 6.79 Å². The van der Waals surface area contributed by atoms with Crippen LogP contribution in [0.4, 0.5) is 4.39 Å². The zero-order valence-electron chi connectivity index (χ0n) is 12.9. The molecule has 0 amide bonds. The molecule has 1 aromatic heterocycles. The lowest BCUT2D eigenvalue weighted by atomic mass is 10.1. The lowest BCUT2D eigenvalue weighted by molar-refractivity contribution is 0.174. The van der Waals surface area contributed by atoms with Crippen LogP contribution >= 0.6 is 15.9 Å². The standard InChI is InChI=1S/C18H12BrFN2O3/c19-16-17(12-4-5-14-15(7-12)25-10-24-14)21-9-22(18(16)23)8-11-2-1-3-13(20)6-11/h1-7,9H,8,10H2. The molecule has 0 saturated carbocycles. The van der Waals surface area contributed by atoms with Gasteiger partial charge in [-0.15, -0.1) is 0 Å². The average Bonchev–Trinajstić information content (AvgIpc) is 3.07. The lowest BCUT2D eigenvalue weighted by Crippen LogP contribution is -2.22. The predicted molar refractivity (Wildman–Crippen MR) is 93.3 cm³/mol. The van der Waals surface area contributed by atoms with Crippen LogP contribution in [0, 0.1) is 5.82 Å². The molecule has 0 atom stereocenters. The maximum absolute atomic E-state index is 13.3. The molecule has 4 rings (SSSR count). The highest BCUT2D eigenvalue weighted by molar-refractivity contribution is 9.10. The van der Waals surface area contributed by atoms with E-state index in [2.05, 4.69) is 20.9 Å². The zero-order chi connectivity index (χ0) is 17.4. The van der Waals surface area contributed by atoms with Crippen molar-refractivity contribution < 1.29 is 13.9 Å². The number of fused-ring (bicyclic) bond motifs is 1. The maximum Gasteiger partial charge on any atom is 0.268 e. The number of nitrogens with zero attached hydrogens (tertiary/aromatic N) is 2. The predicted octanol–water partition coefficient (Wildman–Crippen LogP) is 3.59. The molecular weight excluding hydrogens is 391 g/mol. The quantitative estimate of drug-likeness (QED) is 0.671. The Morgan fingerprint density at radius 1 is 1.16 bits per heavy atom. The summed E-state index contributed by atoms with van der Waals surface area (Å²) in [5, 5.41) is 0. The van der Waals surface area contributed by atoms with E-state index >= 15 is 0 Å². The topological polar surface area (TPSA) is 53.4 Å². The Bertz CT molecular complexity index is 1020.